The van der Waals surface area contributed by atoms with Crippen LogP contribution in [0.1, 0.15) is 21.5 Å². The molecule has 1 aliphatic rings. The molecule has 1 saturated heterocycles. The Morgan fingerprint density at radius 1 is 1.04 bits per heavy atom. The third kappa shape index (κ3) is 3.08. The lowest BCUT2D eigenvalue weighted by atomic mass is 9.99. The standard InChI is InChI=1S/C22H23N3O/c1-15-7-8-17(16(2)13-15)21-14-19(18-5-3-4-6-20(18)24-21)22(26)25-11-9-23-10-12-25/h3-8,13-14,23H,9-12H2,1-2H3. The van der Waals surface area contributed by atoms with Crippen LogP contribution in [0, 0.1) is 13.8 Å². The van der Waals surface area contributed by atoms with Gasteiger partial charge in [0, 0.05) is 37.1 Å². The highest BCUT2D eigenvalue weighted by atomic mass is 16.2. The van der Waals surface area contributed by atoms with Gasteiger partial charge in [-0.3, -0.25) is 4.79 Å². The molecule has 0 unspecified atom stereocenters. The van der Waals surface area contributed by atoms with Crippen LogP contribution in [0.25, 0.3) is 22.2 Å². The van der Waals surface area contributed by atoms with Crippen LogP contribution in [-0.4, -0.2) is 42.0 Å². The molecule has 4 rings (SSSR count). The molecular weight excluding hydrogens is 322 g/mol. The SMILES string of the molecule is Cc1ccc(-c2cc(C(=O)N3CCNCC3)c3ccccc3n2)c(C)c1. The number of nitrogens with one attached hydrogen (secondary N) is 1. The molecule has 3 aromatic rings. The summed E-state index contributed by atoms with van der Waals surface area (Å²) in [6, 6.07) is 16.2. The van der Waals surface area contributed by atoms with Crippen molar-refractivity contribution in [3.63, 3.8) is 0 Å². The summed E-state index contributed by atoms with van der Waals surface area (Å²) in [6.07, 6.45) is 0. The first-order valence-electron chi connectivity index (χ1n) is 9.11. The predicted octanol–water partition coefficient (Wildman–Crippen LogP) is 3.56. The zero-order chi connectivity index (χ0) is 18.1. The molecule has 1 aromatic heterocycles. The van der Waals surface area contributed by atoms with Crippen LogP contribution in [0.4, 0.5) is 0 Å². The van der Waals surface area contributed by atoms with Crippen molar-refractivity contribution >= 4 is 16.8 Å². The normalized spacial score (nSPS) is 14.6. The van der Waals surface area contributed by atoms with Gasteiger partial charge in [-0.1, -0.05) is 42.0 Å². The molecule has 0 atom stereocenters. The van der Waals surface area contributed by atoms with Gasteiger partial charge in [-0.25, -0.2) is 4.98 Å². The van der Waals surface area contributed by atoms with Crippen LogP contribution in [0.2, 0.25) is 0 Å². The molecule has 4 nitrogen and oxygen atoms in total. The van der Waals surface area contributed by atoms with Gasteiger partial charge in [0.05, 0.1) is 16.8 Å². The summed E-state index contributed by atoms with van der Waals surface area (Å²) in [6.45, 7) is 7.36. The van der Waals surface area contributed by atoms with E-state index in [2.05, 4.69) is 37.4 Å². The van der Waals surface area contributed by atoms with Gasteiger partial charge in [0.1, 0.15) is 0 Å². The highest BCUT2D eigenvalue weighted by molar-refractivity contribution is 6.07. The number of hydrogen-bond acceptors (Lipinski definition) is 3. The second-order valence-corrected chi connectivity index (χ2v) is 6.93. The summed E-state index contributed by atoms with van der Waals surface area (Å²) in [5.74, 6) is 0.0936. The summed E-state index contributed by atoms with van der Waals surface area (Å²) >= 11 is 0. The Kier molecular flexibility index (Phi) is 4.43. The average Bonchev–Trinajstić information content (AvgIpc) is 2.67. The van der Waals surface area contributed by atoms with Gasteiger partial charge in [0.15, 0.2) is 0 Å². The molecule has 1 amide bonds. The van der Waals surface area contributed by atoms with E-state index < -0.39 is 0 Å². The van der Waals surface area contributed by atoms with Gasteiger partial charge in [0.2, 0.25) is 0 Å². The van der Waals surface area contributed by atoms with Gasteiger partial charge in [-0.15, -0.1) is 0 Å². The molecule has 1 N–H and O–H groups in total. The van der Waals surface area contributed by atoms with E-state index in [1.807, 2.05) is 35.2 Å². The van der Waals surface area contributed by atoms with E-state index in [1.165, 1.54) is 11.1 Å². The Morgan fingerprint density at radius 2 is 1.81 bits per heavy atom. The van der Waals surface area contributed by atoms with Gasteiger partial charge in [-0.05, 0) is 31.5 Å². The van der Waals surface area contributed by atoms with Crippen molar-refractivity contribution in [1.82, 2.24) is 15.2 Å². The predicted molar refractivity (Wildman–Crippen MR) is 105 cm³/mol. The number of benzene rings is 2. The minimum absolute atomic E-state index is 0.0936. The number of piperazine rings is 1. The third-order valence-electron chi connectivity index (χ3n) is 5.01. The largest absolute Gasteiger partial charge is 0.336 e. The van der Waals surface area contributed by atoms with E-state index in [9.17, 15) is 4.79 Å². The minimum Gasteiger partial charge on any atom is -0.336 e. The lowest BCUT2D eigenvalue weighted by Crippen LogP contribution is -2.46. The summed E-state index contributed by atoms with van der Waals surface area (Å²) in [5.41, 5.74) is 5.95. The van der Waals surface area contributed by atoms with E-state index >= 15 is 0 Å². The van der Waals surface area contributed by atoms with Crippen LogP contribution in [0.5, 0.6) is 0 Å². The van der Waals surface area contributed by atoms with Crippen molar-refractivity contribution < 1.29 is 4.79 Å². The molecule has 0 aliphatic carbocycles. The van der Waals surface area contributed by atoms with E-state index in [-0.39, 0.29) is 5.91 Å². The lowest BCUT2D eigenvalue weighted by molar-refractivity contribution is 0.0738. The van der Waals surface area contributed by atoms with Crippen LogP contribution in [0.15, 0.2) is 48.5 Å². The van der Waals surface area contributed by atoms with Crippen molar-refractivity contribution in [2.75, 3.05) is 26.2 Å². The first-order chi connectivity index (χ1) is 12.6. The number of pyridine rings is 1. The Balaban J connectivity index is 1.87. The number of carbonyl (C=O) groups excluding carboxylic acids is 1. The number of nitrogens with zero attached hydrogens (tertiary/aromatic N) is 2. The molecule has 4 heteroatoms. The van der Waals surface area contributed by atoms with Crippen molar-refractivity contribution in [2.24, 2.45) is 0 Å². The van der Waals surface area contributed by atoms with Crippen molar-refractivity contribution in [3.8, 4) is 11.3 Å². The van der Waals surface area contributed by atoms with E-state index in [0.29, 0.717) is 0 Å². The highest BCUT2D eigenvalue weighted by Crippen LogP contribution is 2.28. The Labute approximate surface area is 153 Å². The van der Waals surface area contributed by atoms with Crippen LogP contribution in [-0.2, 0) is 0 Å². The maximum absolute atomic E-state index is 13.2. The molecule has 2 aromatic carbocycles. The lowest BCUT2D eigenvalue weighted by Gasteiger charge is -2.28. The average molecular weight is 345 g/mol. The van der Waals surface area contributed by atoms with Gasteiger partial charge in [-0.2, -0.15) is 0 Å². The number of amides is 1. The van der Waals surface area contributed by atoms with Crippen LogP contribution < -0.4 is 5.32 Å². The van der Waals surface area contributed by atoms with Gasteiger partial charge in [0.25, 0.3) is 5.91 Å². The molecular formula is C22H23N3O. The summed E-state index contributed by atoms with van der Waals surface area (Å²) in [5, 5.41) is 4.22. The highest BCUT2D eigenvalue weighted by Gasteiger charge is 2.21. The van der Waals surface area contributed by atoms with Crippen molar-refractivity contribution in [2.45, 2.75) is 13.8 Å². The van der Waals surface area contributed by atoms with Gasteiger partial charge >= 0.3 is 0 Å². The molecule has 2 heterocycles. The Hall–Kier alpha value is -2.72. The summed E-state index contributed by atoms with van der Waals surface area (Å²) in [7, 11) is 0. The zero-order valence-electron chi connectivity index (χ0n) is 15.2. The summed E-state index contributed by atoms with van der Waals surface area (Å²) in [4.78, 5) is 20.0. The van der Waals surface area contributed by atoms with Gasteiger partial charge < -0.3 is 10.2 Å². The fourth-order valence-corrected chi connectivity index (χ4v) is 3.63. The smallest absolute Gasteiger partial charge is 0.254 e. The van der Waals surface area contributed by atoms with Crippen molar-refractivity contribution in [1.29, 1.82) is 0 Å². The van der Waals surface area contributed by atoms with E-state index in [4.69, 9.17) is 4.98 Å². The number of rotatable bonds is 2. The van der Waals surface area contributed by atoms with E-state index in [1.54, 1.807) is 0 Å². The molecule has 0 spiro atoms. The number of fused-ring (bicyclic) bond motifs is 1. The molecule has 1 aliphatic heterocycles. The maximum atomic E-state index is 13.2. The van der Waals surface area contributed by atoms with E-state index in [0.717, 1.165) is 53.9 Å². The van der Waals surface area contributed by atoms with Crippen LogP contribution >= 0.6 is 0 Å². The third-order valence-corrected chi connectivity index (χ3v) is 5.01. The van der Waals surface area contributed by atoms with Crippen LogP contribution in [0.3, 0.4) is 0 Å². The second kappa shape index (κ2) is 6.89. The first-order valence-corrected chi connectivity index (χ1v) is 9.11. The molecule has 0 bridgehead atoms. The maximum Gasteiger partial charge on any atom is 0.254 e. The molecule has 0 radical (unpaired) electrons. The monoisotopic (exact) mass is 345 g/mol. The number of aromatic nitrogens is 1. The molecule has 132 valence electrons. The topological polar surface area (TPSA) is 45.2 Å². The quantitative estimate of drug-likeness (QED) is 0.772. The fourth-order valence-electron chi connectivity index (χ4n) is 3.63. The number of aryl methyl sites for hydroxylation is 2. The minimum atomic E-state index is 0.0936. The first kappa shape index (κ1) is 16.7. The Bertz CT molecular complexity index is 974. The fraction of sp³-hybridized carbons (Fsp3) is 0.273. The Morgan fingerprint density at radius 3 is 2.58 bits per heavy atom. The molecule has 0 saturated carbocycles. The molecule has 26 heavy (non-hydrogen) atoms. The molecule has 1 fully saturated rings. The number of hydrogen-bond donors (Lipinski definition) is 1. The number of carbonyl (C=O) groups is 1. The summed E-state index contributed by atoms with van der Waals surface area (Å²) < 4.78 is 0. The van der Waals surface area contributed by atoms with Crippen molar-refractivity contribution in [3.05, 3.63) is 65.2 Å². The number of para-hydroxylation sites is 1. The zero-order valence-corrected chi connectivity index (χ0v) is 15.2. The second-order valence-electron chi connectivity index (χ2n) is 6.93.